The van der Waals surface area contributed by atoms with Crippen LogP contribution in [0.5, 0.6) is 0 Å². The first kappa shape index (κ1) is 11.8. The van der Waals surface area contributed by atoms with Gasteiger partial charge in [-0.05, 0) is 32.1 Å². The molecule has 0 saturated heterocycles. The average molecular weight is 232 g/mol. The van der Waals surface area contributed by atoms with Crippen molar-refractivity contribution in [1.29, 1.82) is 0 Å². The summed E-state index contributed by atoms with van der Waals surface area (Å²) in [6.45, 7) is 2.30. The van der Waals surface area contributed by atoms with Gasteiger partial charge in [0.1, 0.15) is 0 Å². The molecule has 1 heterocycles. The van der Waals surface area contributed by atoms with Crippen LogP contribution >= 0.6 is 0 Å². The maximum atomic E-state index is 11.7. The molecule has 17 heavy (non-hydrogen) atoms. The summed E-state index contributed by atoms with van der Waals surface area (Å²) in [5.41, 5.74) is 1.07. The highest BCUT2D eigenvalue weighted by Gasteiger charge is 2.14. The molecule has 1 aromatic rings. The number of allylic oxidation sites excluding steroid dienone is 2. The zero-order chi connectivity index (χ0) is 12.1. The third-order valence-electron chi connectivity index (χ3n) is 2.82. The van der Waals surface area contributed by atoms with Crippen molar-refractivity contribution in [1.82, 2.24) is 9.97 Å². The summed E-state index contributed by atoms with van der Waals surface area (Å²) in [5.74, 6) is 0.0643. The second-order valence-electron chi connectivity index (χ2n) is 4.29. The van der Waals surface area contributed by atoms with Crippen LogP contribution in [0.1, 0.15) is 35.4 Å². The fraction of sp³-hybridized carbons (Fsp3) is 0.462. The molecule has 1 aliphatic rings. The van der Waals surface area contributed by atoms with Crippen LogP contribution in [0, 0.1) is 12.8 Å². The van der Waals surface area contributed by atoms with E-state index in [0.717, 1.165) is 25.0 Å². The zero-order valence-electron chi connectivity index (χ0n) is 9.93. The SMILES string of the molecule is Cc1cnc(C(=O)OCC2CC=CCC2)cn1. The molecule has 4 nitrogen and oxygen atoms in total. The predicted molar refractivity (Wildman–Crippen MR) is 63.5 cm³/mol. The van der Waals surface area contributed by atoms with Gasteiger partial charge in [0, 0.05) is 6.20 Å². The van der Waals surface area contributed by atoms with E-state index in [2.05, 4.69) is 22.1 Å². The van der Waals surface area contributed by atoms with Crippen molar-refractivity contribution in [3.8, 4) is 0 Å². The number of carbonyl (C=O) groups is 1. The summed E-state index contributed by atoms with van der Waals surface area (Å²) >= 11 is 0. The Labute approximate surface area is 101 Å². The van der Waals surface area contributed by atoms with Crippen LogP contribution in [0.25, 0.3) is 0 Å². The van der Waals surface area contributed by atoms with Gasteiger partial charge in [0.05, 0.1) is 18.5 Å². The van der Waals surface area contributed by atoms with Gasteiger partial charge < -0.3 is 4.74 Å². The first-order valence-corrected chi connectivity index (χ1v) is 5.86. The largest absolute Gasteiger partial charge is 0.461 e. The number of hydrogen-bond acceptors (Lipinski definition) is 4. The molecule has 0 amide bonds. The highest BCUT2D eigenvalue weighted by atomic mass is 16.5. The molecule has 0 bridgehead atoms. The van der Waals surface area contributed by atoms with E-state index in [4.69, 9.17) is 4.74 Å². The molecule has 2 rings (SSSR count). The molecule has 0 radical (unpaired) electrons. The predicted octanol–water partition coefficient (Wildman–Crippen LogP) is 2.30. The van der Waals surface area contributed by atoms with E-state index in [1.165, 1.54) is 6.20 Å². The number of nitrogens with zero attached hydrogens (tertiary/aromatic N) is 2. The standard InChI is InChI=1S/C13H16N2O2/c1-10-7-15-12(8-14-10)13(16)17-9-11-5-3-2-4-6-11/h2-3,7-8,11H,4-6,9H2,1H3. The third-order valence-corrected chi connectivity index (χ3v) is 2.82. The Morgan fingerprint density at radius 2 is 2.29 bits per heavy atom. The molecule has 1 aliphatic carbocycles. The number of rotatable bonds is 3. The smallest absolute Gasteiger partial charge is 0.358 e. The normalized spacial score (nSPS) is 19.0. The van der Waals surface area contributed by atoms with Crippen molar-refractivity contribution >= 4 is 5.97 Å². The molecule has 0 saturated carbocycles. The van der Waals surface area contributed by atoms with E-state index >= 15 is 0 Å². The average Bonchev–Trinajstić information content (AvgIpc) is 2.38. The van der Waals surface area contributed by atoms with Gasteiger partial charge in [0.25, 0.3) is 0 Å². The molecule has 0 aromatic carbocycles. The van der Waals surface area contributed by atoms with E-state index in [9.17, 15) is 4.79 Å². The molecular weight excluding hydrogens is 216 g/mol. The molecule has 1 aromatic heterocycles. The molecule has 4 heteroatoms. The van der Waals surface area contributed by atoms with Crippen molar-refractivity contribution < 1.29 is 9.53 Å². The Hall–Kier alpha value is -1.71. The lowest BCUT2D eigenvalue weighted by molar-refractivity contribution is 0.0425. The van der Waals surface area contributed by atoms with Gasteiger partial charge in [-0.3, -0.25) is 4.98 Å². The maximum absolute atomic E-state index is 11.7. The highest BCUT2D eigenvalue weighted by Crippen LogP contribution is 2.18. The van der Waals surface area contributed by atoms with E-state index in [0.29, 0.717) is 12.5 Å². The van der Waals surface area contributed by atoms with E-state index < -0.39 is 0 Å². The molecule has 0 fully saturated rings. The van der Waals surface area contributed by atoms with Crippen LogP contribution in [0.15, 0.2) is 24.5 Å². The molecule has 0 N–H and O–H groups in total. The highest BCUT2D eigenvalue weighted by molar-refractivity contribution is 5.86. The minimum Gasteiger partial charge on any atom is -0.461 e. The molecule has 1 atom stereocenters. The maximum Gasteiger partial charge on any atom is 0.358 e. The Balaban J connectivity index is 1.84. The Morgan fingerprint density at radius 3 is 2.94 bits per heavy atom. The van der Waals surface area contributed by atoms with Crippen molar-refractivity contribution in [2.75, 3.05) is 6.61 Å². The topological polar surface area (TPSA) is 52.1 Å². The zero-order valence-corrected chi connectivity index (χ0v) is 9.93. The van der Waals surface area contributed by atoms with Crippen LogP contribution < -0.4 is 0 Å². The lowest BCUT2D eigenvalue weighted by Gasteiger charge is -2.17. The minimum atomic E-state index is -0.382. The lowest BCUT2D eigenvalue weighted by Crippen LogP contribution is -2.16. The van der Waals surface area contributed by atoms with Crippen molar-refractivity contribution in [3.63, 3.8) is 0 Å². The number of aryl methyl sites for hydroxylation is 1. The van der Waals surface area contributed by atoms with Crippen molar-refractivity contribution in [3.05, 3.63) is 35.9 Å². The van der Waals surface area contributed by atoms with Crippen LogP contribution in [-0.2, 0) is 4.74 Å². The van der Waals surface area contributed by atoms with E-state index in [-0.39, 0.29) is 11.7 Å². The summed E-state index contributed by atoms with van der Waals surface area (Å²) in [7, 11) is 0. The van der Waals surface area contributed by atoms with Gasteiger partial charge in [0.2, 0.25) is 0 Å². The molecular formula is C13H16N2O2. The lowest BCUT2D eigenvalue weighted by atomic mass is 9.95. The minimum absolute atomic E-state index is 0.280. The van der Waals surface area contributed by atoms with E-state index in [1.807, 2.05) is 6.92 Å². The van der Waals surface area contributed by atoms with Crippen LogP contribution in [0.2, 0.25) is 0 Å². The summed E-state index contributed by atoms with van der Waals surface area (Å²) in [5, 5.41) is 0. The Kier molecular flexibility index (Phi) is 3.85. The van der Waals surface area contributed by atoms with Crippen LogP contribution in [0.4, 0.5) is 0 Å². The summed E-state index contributed by atoms with van der Waals surface area (Å²) < 4.78 is 5.23. The number of ether oxygens (including phenoxy) is 1. The molecule has 0 aliphatic heterocycles. The Bertz CT molecular complexity index is 412. The second-order valence-corrected chi connectivity index (χ2v) is 4.29. The van der Waals surface area contributed by atoms with Crippen molar-refractivity contribution in [2.45, 2.75) is 26.2 Å². The summed E-state index contributed by atoms with van der Waals surface area (Å²) in [4.78, 5) is 19.7. The monoisotopic (exact) mass is 232 g/mol. The Morgan fingerprint density at radius 1 is 1.41 bits per heavy atom. The third kappa shape index (κ3) is 3.37. The second kappa shape index (κ2) is 5.57. The first-order valence-electron chi connectivity index (χ1n) is 5.86. The van der Waals surface area contributed by atoms with Gasteiger partial charge >= 0.3 is 5.97 Å². The van der Waals surface area contributed by atoms with Gasteiger partial charge in [0.15, 0.2) is 5.69 Å². The molecule has 0 spiro atoms. The number of esters is 1. The van der Waals surface area contributed by atoms with Gasteiger partial charge in [-0.2, -0.15) is 0 Å². The summed E-state index contributed by atoms with van der Waals surface area (Å²) in [6, 6.07) is 0. The summed E-state index contributed by atoms with van der Waals surface area (Å²) in [6.07, 6.45) is 10.5. The van der Waals surface area contributed by atoms with E-state index in [1.54, 1.807) is 6.20 Å². The van der Waals surface area contributed by atoms with Crippen LogP contribution in [0.3, 0.4) is 0 Å². The van der Waals surface area contributed by atoms with Gasteiger partial charge in [-0.25, -0.2) is 9.78 Å². The number of carbonyl (C=O) groups excluding carboxylic acids is 1. The fourth-order valence-corrected chi connectivity index (χ4v) is 1.77. The fourth-order valence-electron chi connectivity index (χ4n) is 1.77. The molecule has 1 unspecified atom stereocenters. The quantitative estimate of drug-likeness (QED) is 0.592. The van der Waals surface area contributed by atoms with Crippen LogP contribution in [-0.4, -0.2) is 22.5 Å². The number of aromatic nitrogens is 2. The number of hydrogen-bond donors (Lipinski definition) is 0. The van der Waals surface area contributed by atoms with Crippen molar-refractivity contribution in [2.24, 2.45) is 5.92 Å². The molecule has 90 valence electrons. The first-order chi connectivity index (χ1) is 8.25. The van der Waals surface area contributed by atoms with Gasteiger partial charge in [-0.1, -0.05) is 12.2 Å². The van der Waals surface area contributed by atoms with Gasteiger partial charge in [-0.15, -0.1) is 0 Å².